The highest BCUT2D eigenvalue weighted by atomic mass is 35.5. The van der Waals surface area contributed by atoms with Crippen molar-refractivity contribution in [3.8, 4) is 0 Å². The lowest BCUT2D eigenvalue weighted by Gasteiger charge is -2.34. The smallest absolute Gasteiger partial charge is 0.254 e. The molecule has 0 bridgehead atoms. The minimum Gasteiger partial charge on any atom is -0.331 e. The van der Waals surface area contributed by atoms with Crippen LogP contribution >= 0.6 is 22.9 Å². The first-order valence-corrected chi connectivity index (χ1v) is 12.8. The van der Waals surface area contributed by atoms with Crippen molar-refractivity contribution in [2.75, 3.05) is 19.6 Å². The van der Waals surface area contributed by atoms with Gasteiger partial charge in [-0.15, -0.1) is 11.3 Å². The lowest BCUT2D eigenvalue weighted by atomic mass is 10.0. The van der Waals surface area contributed by atoms with Gasteiger partial charge < -0.3 is 4.90 Å². The van der Waals surface area contributed by atoms with Crippen molar-refractivity contribution in [3.63, 3.8) is 0 Å². The van der Waals surface area contributed by atoms with E-state index < -0.39 is 10.0 Å². The molecule has 0 aliphatic carbocycles. The first-order chi connectivity index (χ1) is 13.9. The van der Waals surface area contributed by atoms with E-state index in [4.69, 9.17) is 11.6 Å². The predicted molar refractivity (Wildman–Crippen MR) is 116 cm³/mol. The molecular weight excluding hydrogens is 428 g/mol. The molecule has 8 heteroatoms. The van der Waals surface area contributed by atoms with Crippen molar-refractivity contribution in [2.24, 2.45) is 0 Å². The first-order valence-electron chi connectivity index (χ1n) is 10.1. The summed E-state index contributed by atoms with van der Waals surface area (Å²) in [5.74, 6) is -0.154. The van der Waals surface area contributed by atoms with Crippen LogP contribution in [0.1, 0.15) is 59.4 Å². The van der Waals surface area contributed by atoms with Crippen molar-refractivity contribution in [2.45, 2.75) is 50.0 Å². The summed E-state index contributed by atoms with van der Waals surface area (Å²) < 4.78 is 28.0. The fourth-order valence-electron chi connectivity index (χ4n) is 4.21. The number of benzene rings is 1. The second kappa shape index (κ2) is 8.38. The van der Waals surface area contributed by atoms with Gasteiger partial charge in [0.1, 0.15) is 4.90 Å². The quantitative estimate of drug-likeness (QED) is 0.676. The molecule has 0 unspecified atom stereocenters. The number of rotatable bonds is 3. The van der Waals surface area contributed by atoms with Gasteiger partial charge in [-0.25, -0.2) is 8.42 Å². The van der Waals surface area contributed by atoms with Gasteiger partial charge in [-0.05, 0) is 61.4 Å². The third-order valence-corrected chi connectivity index (χ3v) is 9.28. The van der Waals surface area contributed by atoms with E-state index in [9.17, 15) is 13.2 Å². The summed E-state index contributed by atoms with van der Waals surface area (Å²) in [5, 5.41) is 2.22. The van der Waals surface area contributed by atoms with E-state index in [1.165, 1.54) is 26.9 Å². The maximum Gasteiger partial charge on any atom is 0.254 e. The van der Waals surface area contributed by atoms with Gasteiger partial charge in [-0.1, -0.05) is 24.4 Å². The fraction of sp³-hybridized carbons (Fsp3) is 0.476. The Morgan fingerprint density at radius 2 is 1.83 bits per heavy atom. The molecule has 0 saturated carbocycles. The van der Waals surface area contributed by atoms with Gasteiger partial charge in [0.15, 0.2) is 0 Å². The first kappa shape index (κ1) is 20.8. The van der Waals surface area contributed by atoms with Crippen LogP contribution in [0.15, 0.2) is 34.5 Å². The number of carbonyl (C=O) groups is 1. The van der Waals surface area contributed by atoms with E-state index in [2.05, 4.69) is 11.4 Å². The number of fused-ring (bicyclic) bond motifs is 1. The molecule has 1 amide bonds. The zero-order chi connectivity index (χ0) is 20.6. The van der Waals surface area contributed by atoms with Crippen LogP contribution in [0, 0.1) is 0 Å². The van der Waals surface area contributed by atoms with Crippen molar-refractivity contribution in [3.05, 3.63) is 50.7 Å². The number of hydrogen-bond acceptors (Lipinski definition) is 4. The van der Waals surface area contributed by atoms with Gasteiger partial charge in [0.2, 0.25) is 10.0 Å². The Bertz CT molecular complexity index is 1010. The molecule has 1 fully saturated rings. The van der Waals surface area contributed by atoms with Gasteiger partial charge in [-0.3, -0.25) is 4.79 Å². The Labute approximate surface area is 181 Å². The molecule has 0 spiro atoms. The number of thiophene rings is 1. The Kier molecular flexibility index (Phi) is 6.02. The Morgan fingerprint density at radius 1 is 1.10 bits per heavy atom. The molecule has 2 aliphatic heterocycles. The summed E-state index contributed by atoms with van der Waals surface area (Å²) in [7, 11) is -3.72. The minimum atomic E-state index is -3.72. The standard InChI is InChI=1S/C21H25ClN2O3S2/c1-15-17-9-13-28-19(17)8-12-24(15)21(25)16-6-7-18(22)20(14-16)29(26,27)23-10-4-2-3-5-11-23/h6-7,9,13-15H,2-5,8,10-12H2,1H3/t15-/m1/s1. The van der Waals surface area contributed by atoms with Crippen LogP contribution in [0.5, 0.6) is 0 Å². The number of sulfonamides is 1. The molecule has 1 atom stereocenters. The Morgan fingerprint density at radius 3 is 2.55 bits per heavy atom. The van der Waals surface area contributed by atoms with E-state index >= 15 is 0 Å². The summed E-state index contributed by atoms with van der Waals surface area (Å²) in [6.07, 6.45) is 4.61. The van der Waals surface area contributed by atoms with Gasteiger partial charge in [-0.2, -0.15) is 4.31 Å². The van der Waals surface area contributed by atoms with Crippen molar-refractivity contribution >= 4 is 38.9 Å². The molecule has 29 heavy (non-hydrogen) atoms. The van der Waals surface area contributed by atoms with E-state index in [1.54, 1.807) is 17.4 Å². The topological polar surface area (TPSA) is 57.7 Å². The summed E-state index contributed by atoms with van der Waals surface area (Å²) in [4.78, 5) is 16.4. The van der Waals surface area contributed by atoms with E-state index in [-0.39, 0.29) is 21.9 Å². The summed E-state index contributed by atoms with van der Waals surface area (Å²) >= 11 is 8.01. The molecule has 0 N–H and O–H groups in total. The van der Waals surface area contributed by atoms with E-state index in [1.807, 2.05) is 11.8 Å². The number of nitrogens with zero attached hydrogens (tertiary/aromatic N) is 2. The molecule has 2 aromatic rings. The average Bonchev–Trinajstić information content (AvgIpc) is 3.01. The third kappa shape index (κ3) is 3.98. The van der Waals surface area contributed by atoms with Crippen molar-refractivity contribution in [1.82, 2.24) is 9.21 Å². The van der Waals surface area contributed by atoms with Crippen molar-refractivity contribution < 1.29 is 13.2 Å². The molecule has 1 aromatic carbocycles. The zero-order valence-electron chi connectivity index (χ0n) is 16.4. The van der Waals surface area contributed by atoms with Crippen LogP contribution in [-0.4, -0.2) is 43.2 Å². The molecule has 156 valence electrons. The predicted octanol–water partition coefficient (Wildman–Crippen LogP) is 4.73. The third-order valence-electron chi connectivity index (χ3n) is 5.90. The second-order valence-electron chi connectivity index (χ2n) is 7.69. The van der Waals surface area contributed by atoms with E-state index in [0.29, 0.717) is 25.2 Å². The van der Waals surface area contributed by atoms with Gasteiger partial charge in [0.05, 0.1) is 11.1 Å². The van der Waals surface area contributed by atoms with E-state index in [0.717, 1.165) is 32.1 Å². The maximum atomic E-state index is 13.2. The van der Waals surface area contributed by atoms with Gasteiger partial charge >= 0.3 is 0 Å². The lowest BCUT2D eigenvalue weighted by Crippen LogP contribution is -2.38. The normalized spacial score (nSPS) is 20.9. The zero-order valence-corrected chi connectivity index (χ0v) is 18.8. The second-order valence-corrected chi connectivity index (χ2v) is 11.0. The number of amides is 1. The molecule has 5 nitrogen and oxygen atoms in total. The van der Waals surface area contributed by atoms with Crippen LogP contribution in [0.4, 0.5) is 0 Å². The van der Waals surface area contributed by atoms with Gasteiger partial charge in [0, 0.05) is 30.1 Å². The molecule has 1 saturated heterocycles. The van der Waals surface area contributed by atoms with Crippen LogP contribution in [0.2, 0.25) is 5.02 Å². The SMILES string of the molecule is C[C@@H]1c2ccsc2CCN1C(=O)c1ccc(Cl)c(S(=O)(=O)N2CCCCCC2)c1. The van der Waals surface area contributed by atoms with Crippen LogP contribution in [0.25, 0.3) is 0 Å². The molecule has 0 radical (unpaired) electrons. The van der Waals surface area contributed by atoms with Gasteiger partial charge in [0.25, 0.3) is 5.91 Å². The average molecular weight is 453 g/mol. The molecule has 4 rings (SSSR count). The number of carbonyl (C=O) groups excluding carboxylic acids is 1. The summed E-state index contributed by atoms with van der Waals surface area (Å²) in [6.45, 7) is 3.65. The minimum absolute atomic E-state index is 0.0288. The Hall–Kier alpha value is -1.41. The largest absolute Gasteiger partial charge is 0.331 e. The molecule has 3 heterocycles. The molecule has 2 aliphatic rings. The number of halogens is 1. The highest BCUT2D eigenvalue weighted by Gasteiger charge is 2.32. The summed E-state index contributed by atoms with van der Waals surface area (Å²) in [5.41, 5.74) is 1.55. The fourth-order valence-corrected chi connectivity index (χ4v) is 7.19. The number of hydrogen-bond donors (Lipinski definition) is 0. The van der Waals surface area contributed by atoms with Crippen LogP contribution < -0.4 is 0 Å². The Balaban J connectivity index is 1.64. The molecule has 1 aromatic heterocycles. The van der Waals surface area contributed by atoms with Crippen LogP contribution in [0.3, 0.4) is 0 Å². The monoisotopic (exact) mass is 452 g/mol. The van der Waals surface area contributed by atoms with Crippen molar-refractivity contribution in [1.29, 1.82) is 0 Å². The lowest BCUT2D eigenvalue weighted by molar-refractivity contribution is 0.0679. The maximum absolute atomic E-state index is 13.2. The van der Waals surface area contributed by atoms with Crippen LogP contribution in [-0.2, 0) is 16.4 Å². The highest BCUT2D eigenvalue weighted by molar-refractivity contribution is 7.89. The highest BCUT2D eigenvalue weighted by Crippen LogP contribution is 2.34. The molecular formula is C21H25ClN2O3S2. The summed E-state index contributed by atoms with van der Waals surface area (Å²) in [6, 6.07) is 6.66.